The Morgan fingerprint density at radius 1 is 1.14 bits per heavy atom. The van der Waals surface area contributed by atoms with Crippen molar-refractivity contribution in [1.29, 1.82) is 0 Å². The van der Waals surface area contributed by atoms with E-state index in [1.807, 2.05) is 37.3 Å². The summed E-state index contributed by atoms with van der Waals surface area (Å²) in [5.41, 5.74) is 2.25. The molecule has 0 saturated carbocycles. The molecule has 0 saturated heterocycles. The zero-order valence-corrected chi connectivity index (χ0v) is 8.23. The number of nitrogens with zero attached hydrogens (tertiary/aromatic N) is 1. The Bertz CT molecular complexity index is 367. The molecule has 1 heterocycles. The maximum absolute atomic E-state index is 11.3. The Morgan fingerprint density at radius 2 is 1.86 bits per heavy atom. The van der Waals surface area contributed by atoms with Gasteiger partial charge in [-0.2, -0.15) is 0 Å². The molecule has 0 spiro atoms. The second-order valence-electron chi connectivity index (χ2n) is 3.65. The molecule has 2 heteroatoms. The lowest BCUT2D eigenvalue weighted by Crippen LogP contribution is -2.34. The average molecular weight is 187 g/mol. The van der Waals surface area contributed by atoms with Gasteiger partial charge >= 0.3 is 0 Å². The third kappa shape index (κ3) is 1.84. The number of benzene rings is 1. The van der Waals surface area contributed by atoms with E-state index in [1.54, 1.807) is 6.08 Å². The molecule has 2 nitrogen and oxygen atoms in total. The van der Waals surface area contributed by atoms with Crippen LogP contribution in [0.3, 0.4) is 0 Å². The molecule has 1 aromatic rings. The number of para-hydroxylation sites is 1. The van der Waals surface area contributed by atoms with E-state index in [9.17, 15) is 4.79 Å². The fourth-order valence-electron chi connectivity index (χ4n) is 1.73. The summed E-state index contributed by atoms with van der Waals surface area (Å²) in [5, 5.41) is 0. The molecule has 0 aromatic heterocycles. The molecule has 1 aliphatic heterocycles. The number of hydrogen-bond donors (Lipinski definition) is 0. The fourth-order valence-corrected chi connectivity index (χ4v) is 1.73. The molecule has 0 amide bonds. The van der Waals surface area contributed by atoms with Crippen molar-refractivity contribution in [2.75, 3.05) is 18.0 Å². The lowest BCUT2D eigenvalue weighted by molar-refractivity contribution is -0.113. The van der Waals surface area contributed by atoms with Crippen molar-refractivity contribution >= 4 is 11.5 Å². The van der Waals surface area contributed by atoms with Crippen LogP contribution >= 0.6 is 0 Å². The molecule has 1 aliphatic rings. The van der Waals surface area contributed by atoms with Crippen LogP contribution in [0.25, 0.3) is 0 Å². The van der Waals surface area contributed by atoms with Gasteiger partial charge in [-0.1, -0.05) is 23.8 Å². The van der Waals surface area contributed by atoms with Gasteiger partial charge in [0.25, 0.3) is 0 Å². The van der Waals surface area contributed by atoms with E-state index in [0.717, 1.165) is 17.8 Å². The largest absolute Gasteiger partial charge is 0.360 e. The Balaban J connectivity index is 2.22. The standard InChI is InChI=1S/C12H13NO/c1-10-7-12(14)9-13(8-10)11-5-3-2-4-6-11/h2-7H,8-9H2,1H3. The van der Waals surface area contributed by atoms with Crippen molar-refractivity contribution in [3.05, 3.63) is 42.0 Å². The van der Waals surface area contributed by atoms with E-state index in [2.05, 4.69) is 4.90 Å². The minimum atomic E-state index is 0.192. The molecule has 1 aromatic carbocycles. The molecule has 0 bridgehead atoms. The number of hydrogen-bond acceptors (Lipinski definition) is 2. The van der Waals surface area contributed by atoms with E-state index in [-0.39, 0.29) is 5.78 Å². The number of anilines is 1. The summed E-state index contributed by atoms with van der Waals surface area (Å²) in [6, 6.07) is 10.0. The molecule has 0 aliphatic carbocycles. The van der Waals surface area contributed by atoms with E-state index in [0.29, 0.717) is 6.54 Å². The highest BCUT2D eigenvalue weighted by Gasteiger charge is 2.15. The van der Waals surface area contributed by atoms with Crippen molar-refractivity contribution in [2.45, 2.75) is 6.92 Å². The highest BCUT2D eigenvalue weighted by molar-refractivity contribution is 5.95. The molecule has 2 rings (SSSR count). The van der Waals surface area contributed by atoms with Gasteiger partial charge in [0.1, 0.15) is 0 Å². The lowest BCUT2D eigenvalue weighted by atomic mass is 10.1. The number of carbonyl (C=O) groups excluding carboxylic acids is 1. The SMILES string of the molecule is CC1=CC(=O)CN(c2ccccc2)C1. The molecule has 0 fully saturated rings. The monoisotopic (exact) mass is 187 g/mol. The van der Waals surface area contributed by atoms with Gasteiger partial charge in [0.05, 0.1) is 6.54 Å². The predicted octanol–water partition coefficient (Wildman–Crippen LogP) is 2.02. The Labute approximate surface area is 83.8 Å². The summed E-state index contributed by atoms with van der Waals surface area (Å²) < 4.78 is 0. The van der Waals surface area contributed by atoms with Crippen molar-refractivity contribution in [1.82, 2.24) is 0 Å². The van der Waals surface area contributed by atoms with Crippen LogP contribution < -0.4 is 4.90 Å². The lowest BCUT2D eigenvalue weighted by Gasteiger charge is -2.27. The number of ketones is 1. The normalized spacial score (nSPS) is 16.8. The van der Waals surface area contributed by atoms with Crippen molar-refractivity contribution in [3.8, 4) is 0 Å². The second kappa shape index (κ2) is 3.66. The summed E-state index contributed by atoms with van der Waals surface area (Å²) in [7, 11) is 0. The molecule has 0 unspecified atom stereocenters. The molecule has 0 atom stereocenters. The smallest absolute Gasteiger partial charge is 0.174 e. The fraction of sp³-hybridized carbons (Fsp3) is 0.250. The summed E-state index contributed by atoms with van der Waals surface area (Å²) >= 11 is 0. The zero-order valence-electron chi connectivity index (χ0n) is 8.23. The third-order valence-electron chi connectivity index (χ3n) is 2.32. The molecule has 72 valence electrons. The molecule has 0 radical (unpaired) electrons. The predicted molar refractivity (Wildman–Crippen MR) is 57.4 cm³/mol. The van der Waals surface area contributed by atoms with Crippen LogP contribution in [0.5, 0.6) is 0 Å². The first-order valence-electron chi connectivity index (χ1n) is 4.76. The van der Waals surface area contributed by atoms with Gasteiger partial charge in [0.15, 0.2) is 5.78 Å². The molecular formula is C12H13NO. The van der Waals surface area contributed by atoms with E-state index < -0.39 is 0 Å². The van der Waals surface area contributed by atoms with Crippen LogP contribution in [-0.4, -0.2) is 18.9 Å². The summed E-state index contributed by atoms with van der Waals surface area (Å²) in [6.07, 6.45) is 1.74. The van der Waals surface area contributed by atoms with Gasteiger partial charge in [0, 0.05) is 12.2 Å². The quantitative estimate of drug-likeness (QED) is 0.670. The van der Waals surface area contributed by atoms with Crippen molar-refractivity contribution in [2.24, 2.45) is 0 Å². The average Bonchev–Trinajstić information content (AvgIpc) is 2.18. The van der Waals surface area contributed by atoms with Crippen LogP contribution in [0.1, 0.15) is 6.92 Å². The van der Waals surface area contributed by atoms with E-state index >= 15 is 0 Å². The van der Waals surface area contributed by atoms with Gasteiger partial charge in [-0.3, -0.25) is 4.79 Å². The maximum atomic E-state index is 11.3. The summed E-state index contributed by atoms with van der Waals surface area (Å²) in [5.74, 6) is 0.192. The van der Waals surface area contributed by atoms with Gasteiger partial charge in [0.2, 0.25) is 0 Å². The van der Waals surface area contributed by atoms with Gasteiger partial charge in [-0.15, -0.1) is 0 Å². The Hall–Kier alpha value is -1.57. The van der Waals surface area contributed by atoms with Gasteiger partial charge in [-0.05, 0) is 25.1 Å². The highest BCUT2D eigenvalue weighted by atomic mass is 16.1. The first kappa shape index (κ1) is 9.00. The van der Waals surface area contributed by atoms with Crippen LogP contribution in [0.4, 0.5) is 5.69 Å². The van der Waals surface area contributed by atoms with Crippen LogP contribution in [-0.2, 0) is 4.79 Å². The molecule has 0 N–H and O–H groups in total. The maximum Gasteiger partial charge on any atom is 0.174 e. The Morgan fingerprint density at radius 3 is 2.50 bits per heavy atom. The topological polar surface area (TPSA) is 20.3 Å². The zero-order chi connectivity index (χ0) is 9.97. The first-order chi connectivity index (χ1) is 6.75. The van der Waals surface area contributed by atoms with E-state index in [4.69, 9.17) is 0 Å². The van der Waals surface area contributed by atoms with Crippen LogP contribution in [0.2, 0.25) is 0 Å². The van der Waals surface area contributed by atoms with E-state index in [1.165, 1.54) is 0 Å². The summed E-state index contributed by atoms with van der Waals surface area (Å²) in [6.45, 7) is 3.35. The molecular weight excluding hydrogens is 174 g/mol. The summed E-state index contributed by atoms with van der Waals surface area (Å²) in [4.78, 5) is 13.4. The Kier molecular flexibility index (Phi) is 2.35. The second-order valence-corrected chi connectivity index (χ2v) is 3.65. The number of rotatable bonds is 1. The van der Waals surface area contributed by atoms with Gasteiger partial charge < -0.3 is 4.90 Å². The molecule has 14 heavy (non-hydrogen) atoms. The van der Waals surface area contributed by atoms with Crippen molar-refractivity contribution < 1.29 is 4.79 Å². The first-order valence-corrected chi connectivity index (χ1v) is 4.76. The minimum absolute atomic E-state index is 0.192. The third-order valence-corrected chi connectivity index (χ3v) is 2.32. The van der Waals surface area contributed by atoms with Crippen LogP contribution in [0, 0.1) is 0 Å². The van der Waals surface area contributed by atoms with Crippen molar-refractivity contribution in [3.63, 3.8) is 0 Å². The number of carbonyl (C=O) groups is 1. The van der Waals surface area contributed by atoms with Gasteiger partial charge in [-0.25, -0.2) is 0 Å². The minimum Gasteiger partial charge on any atom is -0.360 e. The highest BCUT2D eigenvalue weighted by Crippen LogP contribution is 2.17. The van der Waals surface area contributed by atoms with Crippen LogP contribution in [0.15, 0.2) is 42.0 Å².